The van der Waals surface area contributed by atoms with Crippen molar-refractivity contribution < 1.29 is 14.3 Å². The molecule has 0 unspecified atom stereocenters. The van der Waals surface area contributed by atoms with Crippen molar-refractivity contribution >= 4 is 17.7 Å². The van der Waals surface area contributed by atoms with Crippen LogP contribution in [0.3, 0.4) is 0 Å². The number of rotatable bonds is 2. The third-order valence-corrected chi connectivity index (χ3v) is 5.56. The highest BCUT2D eigenvalue weighted by molar-refractivity contribution is 5.94. The van der Waals surface area contributed by atoms with Gasteiger partial charge in [-0.15, -0.1) is 0 Å². The van der Waals surface area contributed by atoms with Crippen molar-refractivity contribution in [3.05, 3.63) is 53.7 Å². The molecule has 4 rings (SSSR count). The number of fused-ring (bicyclic) bond motifs is 1. The Kier molecular flexibility index (Phi) is 4.79. The zero-order valence-electron chi connectivity index (χ0n) is 16.4. The van der Waals surface area contributed by atoms with E-state index in [2.05, 4.69) is 24.9 Å². The van der Waals surface area contributed by atoms with Crippen LogP contribution in [0.15, 0.2) is 42.6 Å². The molecule has 1 saturated heterocycles. The second-order valence-corrected chi connectivity index (χ2v) is 8.30. The molecule has 0 aliphatic carbocycles. The van der Waals surface area contributed by atoms with Gasteiger partial charge in [0.15, 0.2) is 0 Å². The van der Waals surface area contributed by atoms with Gasteiger partial charge in [0, 0.05) is 32.1 Å². The highest BCUT2D eigenvalue weighted by Crippen LogP contribution is 2.33. The molecule has 2 aliphatic heterocycles. The van der Waals surface area contributed by atoms with E-state index in [9.17, 15) is 9.59 Å². The Labute approximate surface area is 165 Å². The minimum absolute atomic E-state index is 0.0452. The van der Waals surface area contributed by atoms with Gasteiger partial charge in [-0.25, -0.2) is 9.78 Å². The normalized spacial score (nSPS) is 18.6. The molecule has 6 heteroatoms. The van der Waals surface area contributed by atoms with E-state index in [0.29, 0.717) is 26.1 Å². The lowest BCUT2D eigenvalue weighted by molar-refractivity contribution is -0.122. The molecule has 0 spiro atoms. The number of carbonyl (C=O) groups is 2. The Morgan fingerprint density at radius 1 is 1.11 bits per heavy atom. The first-order chi connectivity index (χ1) is 13.4. The third kappa shape index (κ3) is 3.86. The van der Waals surface area contributed by atoms with E-state index in [4.69, 9.17) is 4.74 Å². The molecule has 2 aromatic rings. The summed E-state index contributed by atoms with van der Waals surface area (Å²) in [5, 5.41) is 0. The van der Waals surface area contributed by atoms with Crippen molar-refractivity contribution in [1.82, 2.24) is 9.88 Å². The lowest BCUT2D eigenvalue weighted by atomic mass is 9.82. The van der Waals surface area contributed by atoms with Crippen LogP contribution in [0.4, 0.5) is 10.5 Å². The van der Waals surface area contributed by atoms with Crippen LogP contribution >= 0.6 is 0 Å². The number of aromatic nitrogens is 1. The predicted molar refractivity (Wildman–Crippen MR) is 106 cm³/mol. The Hall–Kier alpha value is -2.89. The maximum atomic E-state index is 12.5. The van der Waals surface area contributed by atoms with Crippen molar-refractivity contribution in [2.75, 3.05) is 18.0 Å². The topological polar surface area (TPSA) is 62.7 Å². The fourth-order valence-corrected chi connectivity index (χ4v) is 3.80. The quantitative estimate of drug-likeness (QED) is 0.796. The molecule has 1 aromatic heterocycles. The summed E-state index contributed by atoms with van der Waals surface area (Å²) in [4.78, 5) is 32.6. The van der Waals surface area contributed by atoms with Crippen LogP contribution in [0.2, 0.25) is 0 Å². The Balaban J connectivity index is 1.38. The molecule has 0 saturated carbocycles. The second-order valence-electron chi connectivity index (χ2n) is 8.30. The van der Waals surface area contributed by atoms with Gasteiger partial charge in [-0.1, -0.05) is 38.1 Å². The Morgan fingerprint density at radius 2 is 1.89 bits per heavy atom. The molecular formula is C22H25N3O3. The van der Waals surface area contributed by atoms with Crippen molar-refractivity contribution in [3.8, 4) is 5.88 Å². The largest absolute Gasteiger partial charge is 0.416 e. The monoisotopic (exact) mass is 379 g/mol. The SMILES string of the molecule is CC1(C)CCN(c2ccc(OC(=O)N3CCc4ccccc4C3)nc2)C(=O)C1. The average Bonchev–Trinajstić information content (AvgIpc) is 2.68. The van der Waals surface area contributed by atoms with Crippen LogP contribution in [0.25, 0.3) is 0 Å². The summed E-state index contributed by atoms with van der Waals surface area (Å²) in [5.74, 6) is 0.354. The number of piperidine rings is 1. The fraction of sp³-hybridized carbons (Fsp3) is 0.409. The van der Waals surface area contributed by atoms with Gasteiger partial charge in [-0.3, -0.25) is 4.79 Å². The van der Waals surface area contributed by atoms with E-state index in [1.165, 1.54) is 5.56 Å². The molecule has 0 radical (unpaired) electrons. The first-order valence-corrected chi connectivity index (χ1v) is 9.71. The summed E-state index contributed by atoms with van der Waals surface area (Å²) >= 11 is 0. The van der Waals surface area contributed by atoms with Gasteiger partial charge in [-0.2, -0.15) is 0 Å². The van der Waals surface area contributed by atoms with Gasteiger partial charge in [0.1, 0.15) is 0 Å². The molecule has 1 aromatic carbocycles. The molecule has 6 nitrogen and oxygen atoms in total. The van der Waals surface area contributed by atoms with E-state index in [-0.39, 0.29) is 17.2 Å². The van der Waals surface area contributed by atoms with Crippen LogP contribution in [0.5, 0.6) is 5.88 Å². The number of carbonyl (C=O) groups excluding carboxylic acids is 2. The van der Waals surface area contributed by atoms with Gasteiger partial charge < -0.3 is 14.5 Å². The zero-order valence-corrected chi connectivity index (χ0v) is 16.4. The maximum absolute atomic E-state index is 12.5. The van der Waals surface area contributed by atoms with Gasteiger partial charge in [0.05, 0.1) is 11.9 Å². The third-order valence-electron chi connectivity index (χ3n) is 5.56. The van der Waals surface area contributed by atoms with Gasteiger partial charge in [-0.05, 0) is 35.4 Å². The number of hydrogen-bond acceptors (Lipinski definition) is 4. The summed E-state index contributed by atoms with van der Waals surface area (Å²) in [6, 6.07) is 11.6. The molecule has 2 aliphatic rings. The average molecular weight is 379 g/mol. The van der Waals surface area contributed by atoms with E-state index >= 15 is 0 Å². The zero-order chi connectivity index (χ0) is 19.7. The lowest BCUT2D eigenvalue weighted by Crippen LogP contribution is -2.42. The van der Waals surface area contributed by atoms with Crippen LogP contribution in [0.1, 0.15) is 37.8 Å². The summed E-state index contributed by atoms with van der Waals surface area (Å²) in [6.45, 7) is 6.08. The molecule has 28 heavy (non-hydrogen) atoms. The van der Waals surface area contributed by atoms with Gasteiger partial charge in [0.2, 0.25) is 11.8 Å². The lowest BCUT2D eigenvalue weighted by Gasteiger charge is -2.36. The molecule has 3 heterocycles. The van der Waals surface area contributed by atoms with Gasteiger partial charge >= 0.3 is 6.09 Å². The summed E-state index contributed by atoms with van der Waals surface area (Å²) < 4.78 is 5.44. The molecule has 2 amide bonds. The molecule has 0 atom stereocenters. The van der Waals surface area contributed by atoms with Crippen molar-refractivity contribution in [2.45, 2.75) is 39.7 Å². The molecule has 146 valence electrons. The highest BCUT2D eigenvalue weighted by atomic mass is 16.6. The van der Waals surface area contributed by atoms with Crippen molar-refractivity contribution in [2.24, 2.45) is 5.41 Å². The van der Waals surface area contributed by atoms with Crippen LogP contribution in [-0.4, -0.2) is 35.0 Å². The molecule has 0 N–H and O–H groups in total. The van der Waals surface area contributed by atoms with E-state index < -0.39 is 6.09 Å². The molecule has 0 bridgehead atoms. The fourth-order valence-electron chi connectivity index (χ4n) is 3.80. The number of pyridine rings is 1. The first kappa shape index (κ1) is 18.5. The minimum atomic E-state index is -0.398. The van der Waals surface area contributed by atoms with Crippen LogP contribution < -0.4 is 9.64 Å². The second kappa shape index (κ2) is 7.26. The number of amides is 2. The van der Waals surface area contributed by atoms with E-state index in [1.54, 1.807) is 28.1 Å². The predicted octanol–water partition coefficient (Wildman–Crippen LogP) is 3.79. The minimum Gasteiger partial charge on any atom is -0.391 e. The number of anilines is 1. The van der Waals surface area contributed by atoms with Crippen molar-refractivity contribution in [3.63, 3.8) is 0 Å². The first-order valence-electron chi connectivity index (χ1n) is 9.71. The van der Waals surface area contributed by atoms with Crippen LogP contribution in [-0.2, 0) is 17.8 Å². The number of nitrogens with zero attached hydrogens (tertiary/aromatic N) is 3. The summed E-state index contributed by atoms with van der Waals surface area (Å²) in [6.07, 6.45) is 3.51. The Bertz CT molecular complexity index is 892. The number of hydrogen-bond donors (Lipinski definition) is 0. The van der Waals surface area contributed by atoms with E-state index in [0.717, 1.165) is 24.1 Å². The number of benzene rings is 1. The number of ether oxygens (including phenoxy) is 1. The molecular weight excluding hydrogens is 354 g/mol. The summed E-state index contributed by atoms with van der Waals surface area (Å²) in [7, 11) is 0. The highest BCUT2D eigenvalue weighted by Gasteiger charge is 2.32. The standard InChI is InChI=1S/C22H25N3O3/c1-22(2)10-12-25(20(26)13-22)18-7-8-19(23-14-18)28-21(27)24-11-9-16-5-3-4-6-17(16)15-24/h3-8,14H,9-13,15H2,1-2H3. The maximum Gasteiger partial charge on any atom is 0.416 e. The smallest absolute Gasteiger partial charge is 0.391 e. The molecule has 1 fully saturated rings. The van der Waals surface area contributed by atoms with E-state index in [1.807, 2.05) is 18.2 Å². The van der Waals surface area contributed by atoms with Crippen molar-refractivity contribution in [1.29, 1.82) is 0 Å². The Morgan fingerprint density at radius 3 is 2.61 bits per heavy atom. The summed E-state index contributed by atoms with van der Waals surface area (Å²) in [5.41, 5.74) is 3.22. The van der Waals surface area contributed by atoms with Gasteiger partial charge in [0.25, 0.3) is 0 Å². The van der Waals surface area contributed by atoms with Crippen LogP contribution in [0, 0.1) is 5.41 Å².